The Balaban J connectivity index is 1.30. The summed E-state index contributed by atoms with van der Waals surface area (Å²) >= 11 is 1.22. The fourth-order valence-corrected chi connectivity index (χ4v) is 4.92. The van der Waals surface area contributed by atoms with Gasteiger partial charge in [-0.1, -0.05) is 17.4 Å². The molecule has 1 saturated carbocycles. The number of aromatic nitrogens is 3. The number of carbonyl (C=O) groups excluding carboxylic acids is 2. The van der Waals surface area contributed by atoms with Gasteiger partial charge in [-0.2, -0.15) is 4.98 Å². The molecular weight excluding hydrogens is 447 g/mol. The largest absolute Gasteiger partial charge is 0.353 e. The highest BCUT2D eigenvalue weighted by atomic mass is 32.1. The van der Waals surface area contributed by atoms with Crippen LogP contribution in [0.25, 0.3) is 10.3 Å². The van der Waals surface area contributed by atoms with Crippen molar-refractivity contribution in [3.05, 3.63) is 46.8 Å². The molecule has 0 bridgehead atoms. The van der Waals surface area contributed by atoms with E-state index >= 15 is 0 Å². The van der Waals surface area contributed by atoms with E-state index in [1.807, 2.05) is 4.90 Å². The average Bonchev–Trinajstić information content (AvgIpc) is 3.50. The van der Waals surface area contributed by atoms with Gasteiger partial charge in [0, 0.05) is 24.8 Å². The van der Waals surface area contributed by atoms with Crippen LogP contribution in [0.15, 0.2) is 35.4 Å². The van der Waals surface area contributed by atoms with E-state index in [0.717, 1.165) is 32.2 Å². The number of nitrogens with one attached hydrogen (secondary N) is 2. The molecule has 5 rings (SSSR count). The standard InChI is InChI=1S/C22H23FN6O3S/c23-14-4-1-5-16(9-14)25-17(30)11-29-12-24-19-18(21(29)32)33-22(27-19)28-8-2-3-13(10-28)20(31)26-15-6-7-15/h1,4-5,9,12-13,15H,2-3,6-8,10-11H2,(H,25,30)(H,26,31)/t13-/m0/s1. The number of thiazole rings is 1. The normalized spacial score (nSPS) is 18.3. The molecule has 2 fully saturated rings. The molecule has 9 nitrogen and oxygen atoms in total. The van der Waals surface area contributed by atoms with Crippen LogP contribution in [0, 0.1) is 11.7 Å². The molecule has 1 aromatic carbocycles. The number of hydrogen-bond acceptors (Lipinski definition) is 7. The molecule has 2 amide bonds. The average molecular weight is 471 g/mol. The Morgan fingerprint density at radius 3 is 2.88 bits per heavy atom. The number of piperidine rings is 1. The lowest BCUT2D eigenvalue weighted by Gasteiger charge is -2.31. The molecule has 3 aromatic rings. The first-order chi connectivity index (χ1) is 16.0. The smallest absolute Gasteiger partial charge is 0.273 e. The Bertz CT molecular complexity index is 1270. The van der Waals surface area contributed by atoms with Gasteiger partial charge in [-0.25, -0.2) is 9.37 Å². The maximum Gasteiger partial charge on any atom is 0.273 e. The number of anilines is 2. The van der Waals surface area contributed by atoms with E-state index in [1.165, 1.54) is 40.4 Å². The molecule has 11 heteroatoms. The van der Waals surface area contributed by atoms with Crippen molar-refractivity contribution in [3.63, 3.8) is 0 Å². The van der Waals surface area contributed by atoms with Crippen LogP contribution in [-0.4, -0.2) is 45.5 Å². The lowest BCUT2D eigenvalue weighted by atomic mass is 9.97. The van der Waals surface area contributed by atoms with E-state index < -0.39 is 11.7 Å². The number of halogens is 1. The number of rotatable bonds is 6. The molecular formula is C22H23FN6O3S. The molecule has 172 valence electrons. The first-order valence-corrected chi connectivity index (χ1v) is 11.7. The third-order valence-corrected chi connectivity index (χ3v) is 6.87. The molecule has 0 radical (unpaired) electrons. The molecule has 2 aliphatic rings. The number of carbonyl (C=O) groups is 2. The van der Waals surface area contributed by atoms with Crippen molar-refractivity contribution < 1.29 is 14.0 Å². The lowest BCUT2D eigenvalue weighted by Crippen LogP contribution is -2.43. The lowest BCUT2D eigenvalue weighted by molar-refractivity contribution is -0.125. The number of amides is 2. The summed E-state index contributed by atoms with van der Waals surface area (Å²) in [5.74, 6) is -0.931. The molecule has 33 heavy (non-hydrogen) atoms. The highest BCUT2D eigenvalue weighted by Crippen LogP contribution is 2.30. The minimum atomic E-state index is -0.464. The summed E-state index contributed by atoms with van der Waals surface area (Å²) < 4.78 is 14.9. The SMILES string of the molecule is O=C(Cn1cnc2nc(N3CCC[C@H](C(=O)NC4CC4)C3)sc2c1=O)Nc1cccc(F)c1. The second-order valence-corrected chi connectivity index (χ2v) is 9.43. The first kappa shape index (κ1) is 21.5. The quantitative estimate of drug-likeness (QED) is 0.571. The maximum atomic E-state index is 13.3. The van der Waals surface area contributed by atoms with E-state index in [-0.39, 0.29) is 23.9 Å². The monoisotopic (exact) mass is 470 g/mol. The fraction of sp³-hybridized carbons (Fsp3) is 0.409. The fourth-order valence-electron chi connectivity index (χ4n) is 3.92. The Morgan fingerprint density at radius 1 is 1.24 bits per heavy atom. The second kappa shape index (κ2) is 8.89. The predicted molar refractivity (Wildman–Crippen MR) is 123 cm³/mol. The second-order valence-electron chi connectivity index (χ2n) is 8.45. The Labute approximate surface area is 192 Å². The van der Waals surface area contributed by atoms with Gasteiger partial charge in [0.1, 0.15) is 23.4 Å². The summed E-state index contributed by atoms with van der Waals surface area (Å²) in [4.78, 5) is 48.5. The van der Waals surface area contributed by atoms with E-state index in [9.17, 15) is 18.8 Å². The molecule has 1 aliphatic heterocycles. The number of fused-ring (bicyclic) bond motifs is 1. The number of nitrogens with zero attached hydrogens (tertiary/aromatic N) is 4. The summed E-state index contributed by atoms with van der Waals surface area (Å²) in [5, 5.41) is 6.30. The summed E-state index contributed by atoms with van der Waals surface area (Å²) in [6.45, 7) is 1.07. The minimum absolute atomic E-state index is 0.0908. The van der Waals surface area contributed by atoms with Crippen molar-refractivity contribution in [2.24, 2.45) is 5.92 Å². The van der Waals surface area contributed by atoms with E-state index in [1.54, 1.807) is 6.07 Å². The van der Waals surface area contributed by atoms with Crippen molar-refractivity contribution in [1.82, 2.24) is 19.9 Å². The van der Waals surface area contributed by atoms with Crippen LogP contribution in [0.3, 0.4) is 0 Å². The van der Waals surface area contributed by atoms with Crippen LogP contribution in [-0.2, 0) is 16.1 Å². The summed E-state index contributed by atoms with van der Waals surface area (Å²) in [7, 11) is 0. The van der Waals surface area contributed by atoms with Crippen LogP contribution in [0.2, 0.25) is 0 Å². The van der Waals surface area contributed by atoms with Crippen LogP contribution >= 0.6 is 11.3 Å². The third kappa shape index (κ3) is 4.87. The maximum absolute atomic E-state index is 13.3. The Kier molecular flexibility index (Phi) is 5.79. The third-order valence-electron chi connectivity index (χ3n) is 5.78. The molecule has 1 saturated heterocycles. The highest BCUT2D eigenvalue weighted by Gasteiger charge is 2.31. The van der Waals surface area contributed by atoms with Crippen LogP contribution in [0.5, 0.6) is 0 Å². The van der Waals surface area contributed by atoms with Crippen molar-refractivity contribution in [3.8, 4) is 0 Å². The Hall–Kier alpha value is -3.34. The van der Waals surface area contributed by atoms with Gasteiger partial charge in [0.25, 0.3) is 5.56 Å². The molecule has 1 aliphatic carbocycles. The zero-order valence-electron chi connectivity index (χ0n) is 17.8. The van der Waals surface area contributed by atoms with Gasteiger partial charge in [-0.3, -0.25) is 19.0 Å². The zero-order chi connectivity index (χ0) is 22.9. The molecule has 2 aromatic heterocycles. The van der Waals surface area contributed by atoms with Gasteiger partial charge in [0.2, 0.25) is 11.8 Å². The van der Waals surface area contributed by atoms with Crippen molar-refractivity contribution in [2.45, 2.75) is 38.3 Å². The summed E-state index contributed by atoms with van der Waals surface area (Å²) in [6, 6.07) is 5.87. The zero-order valence-corrected chi connectivity index (χ0v) is 18.6. The molecule has 1 atom stereocenters. The van der Waals surface area contributed by atoms with E-state index in [4.69, 9.17) is 0 Å². The molecule has 0 spiro atoms. The van der Waals surface area contributed by atoms with Crippen LogP contribution in [0.1, 0.15) is 25.7 Å². The topological polar surface area (TPSA) is 109 Å². The molecule has 0 unspecified atom stereocenters. The van der Waals surface area contributed by atoms with Gasteiger partial charge in [0.05, 0.1) is 5.92 Å². The van der Waals surface area contributed by atoms with E-state index in [2.05, 4.69) is 20.6 Å². The minimum Gasteiger partial charge on any atom is -0.353 e. The van der Waals surface area contributed by atoms with Gasteiger partial charge in [-0.15, -0.1) is 0 Å². The van der Waals surface area contributed by atoms with E-state index in [0.29, 0.717) is 33.8 Å². The molecule has 2 N–H and O–H groups in total. The highest BCUT2D eigenvalue weighted by molar-refractivity contribution is 7.22. The van der Waals surface area contributed by atoms with Crippen molar-refractivity contribution >= 4 is 44.3 Å². The van der Waals surface area contributed by atoms with Crippen molar-refractivity contribution in [1.29, 1.82) is 0 Å². The van der Waals surface area contributed by atoms with Gasteiger partial charge < -0.3 is 15.5 Å². The van der Waals surface area contributed by atoms with Gasteiger partial charge in [-0.05, 0) is 43.9 Å². The van der Waals surface area contributed by atoms with Crippen molar-refractivity contribution in [2.75, 3.05) is 23.3 Å². The number of hydrogen-bond donors (Lipinski definition) is 2. The van der Waals surface area contributed by atoms with Gasteiger partial charge in [0.15, 0.2) is 10.8 Å². The van der Waals surface area contributed by atoms with Gasteiger partial charge >= 0.3 is 0 Å². The Morgan fingerprint density at radius 2 is 2.09 bits per heavy atom. The number of benzene rings is 1. The predicted octanol–water partition coefficient (Wildman–Crippen LogP) is 2.13. The summed E-state index contributed by atoms with van der Waals surface area (Å²) in [6.07, 6.45) is 5.11. The summed E-state index contributed by atoms with van der Waals surface area (Å²) in [5.41, 5.74) is 0.275. The molecule has 3 heterocycles. The first-order valence-electron chi connectivity index (χ1n) is 10.9. The van der Waals surface area contributed by atoms with Crippen LogP contribution in [0.4, 0.5) is 15.2 Å². The van der Waals surface area contributed by atoms with Crippen LogP contribution < -0.4 is 21.1 Å².